The van der Waals surface area contributed by atoms with Crippen LogP contribution in [0.2, 0.25) is 0 Å². The average molecular weight is 433 g/mol. The smallest absolute Gasteiger partial charge is 0.282 e. The van der Waals surface area contributed by atoms with E-state index in [-0.39, 0.29) is 41.6 Å². The molecule has 0 unspecified atom stereocenters. The van der Waals surface area contributed by atoms with E-state index in [1.54, 1.807) is 14.0 Å². The number of aromatic nitrogens is 6. The Bertz CT molecular complexity index is 1400. The van der Waals surface area contributed by atoms with Gasteiger partial charge in [-0.2, -0.15) is 5.10 Å². The van der Waals surface area contributed by atoms with Crippen LogP contribution in [0.5, 0.6) is 0 Å². The van der Waals surface area contributed by atoms with Crippen molar-refractivity contribution in [1.29, 1.82) is 5.41 Å². The van der Waals surface area contributed by atoms with Crippen LogP contribution in [0.3, 0.4) is 0 Å². The standard InChI is InChI=1S/C21H23N9O2/c1-11-6-4-5-7-14(11)30-15(27-17(12(2)22)18(24-3)21(30)32)8-29-20-16(13(9-31)28-29)19(23)25-10-26-20/h4-7,10,22,24,31H,8-9H2,1-3H3,(H2,23,25,26). The van der Waals surface area contributed by atoms with Crippen LogP contribution < -0.4 is 16.6 Å². The number of aryl methyl sites for hydroxylation is 1. The summed E-state index contributed by atoms with van der Waals surface area (Å²) < 4.78 is 3.03. The molecule has 0 saturated heterocycles. The molecule has 3 heterocycles. The van der Waals surface area contributed by atoms with Crippen LogP contribution >= 0.6 is 0 Å². The summed E-state index contributed by atoms with van der Waals surface area (Å²) in [5.41, 5.74) is 8.58. The summed E-state index contributed by atoms with van der Waals surface area (Å²) in [6.45, 7) is 3.19. The van der Waals surface area contributed by atoms with Gasteiger partial charge in [-0.25, -0.2) is 19.6 Å². The van der Waals surface area contributed by atoms with Crippen molar-refractivity contribution >= 4 is 28.3 Å². The van der Waals surface area contributed by atoms with Crippen LogP contribution in [0.15, 0.2) is 35.4 Å². The summed E-state index contributed by atoms with van der Waals surface area (Å²) in [6.07, 6.45) is 1.32. The number of aliphatic hydroxyl groups is 1. The van der Waals surface area contributed by atoms with E-state index in [0.29, 0.717) is 28.2 Å². The third-order valence-corrected chi connectivity index (χ3v) is 5.19. The van der Waals surface area contributed by atoms with Crippen molar-refractivity contribution in [3.8, 4) is 5.69 Å². The minimum absolute atomic E-state index is 0.0564. The largest absolute Gasteiger partial charge is 0.390 e. The maximum Gasteiger partial charge on any atom is 0.282 e. The highest BCUT2D eigenvalue weighted by Crippen LogP contribution is 2.23. The zero-order valence-corrected chi connectivity index (χ0v) is 17.9. The number of anilines is 2. The van der Waals surface area contributed by atoms with Gasteiger partial charge in [0, 0.05) is 7.05 Å². The van der Waals surface area contributed by atoms with Gasteiger partial charge in [-0.05, 0) is 25.5 Å². The van der Waals surface area contributed by atoms with Crippen molar-refractivity contribution in [3.63, 3.8) is 0 Å². The van der Waals surface area contributed by atoms with E-state index in [4.69, 9.17) is 11.1 Å². The molecule has 0 aliphatic carbocycles. The number of aliphatic hydroxyl groups excluding tert-OH is 1. The molecule has 0 aliphatic heterocycles. The van der Waals surface area contributed by atoms with E-state index < -0.39 is 0 Å². The van der Waals surface area contributed by atoms with Crippen LogP contribution in [0, 0.1) is 12.3 Å². The van der Waals surface area contributed by atoms with Gasteiger partial charge in [0.25, 0.3) is 5.56 Å². The first-order chi connectivity index (χ1) is 15.4. The second-order valence-electron chi connectivity index (χ2n) is 7.27. The van der Waals surface area contributed by atoms with Gasteiger partial charge in [0.2, 0.25) is 0 Å². The maximum absolute atomic E-state index is 13.5. The number of hydrogen-bond donors (Lipinski definition) is 4. The molecule has 164 valence electrons. The van der Waals surface area contributed by atoms with Crippen LogP contribution in [-0.2, 0) is 13.2 Å². The topological polar surface area (TPSA) is 161 Å². The number of nitrogens with zero attached hydrogens (tertiary/aromatic N) is 6. The quantitative estimate of drug-likeness (QED) is 0.330. The first kappa shape index (κ1) is 21.1. The molecule has 0 fully saturated rings. The fourth-order valence-electron chi connectivity index (χ4n) is 3.69. The normalized spacial score (nSPS) is 11.1. The molecule has 11 nitrogen and oxygen atoms in total. The van der Waals surface area contributed by atoms with E-state index in [1.165, 1.54) is 15.6 Å². The third-order valence-electron chi connectivity index (χ3n) is 5.19. The second-order valence-corrected chi connectivity index (χ2v) is 7.27. The number of fused-ring (bicyclic) bond motifs is 1. The molecule has 3 aromatic heterocycles. The molecular weight excluding hydrogens is 410 g/mol. The second kappa shape index (κ2) is 8.19. The minimum Gasteiger partial charge on any atom is -0.390 e. The average Bonchev–Trinajstić information content (AvgIpc) is 3.13. The number of nitrogens with two attached hydrogens (primary N) is 1. The Morgan fingerprint density at radius 1 is 1.28 bits per heavy atom. The van der Waals surface area contributed by atoms with E-state index in [0.717, 1.165) is 5.56 Å². The van der Waals surface area contributed by atoms with Gasteiger partial charge in [-0.1, -0.05) is 18.2 Å². The lowest BCUT2D eigenvalue weighted by Crippen LogP contribution is -2.30. The highest BCUT2D eigenvalue weighted by molar-refractivity contribution is 5.99. The van der Waals surface area contributed by atoms with Crippen molar-refractivity contribution in [2.24, 2.45) is 0 Å². The first-order valence-corrected chi connectivity index (χ1v) is 9.89. The number of benzene rings is 1. The van der Waals surface area contributed by atoms with Crippen molar-refractivity contribution in [3.05, 3.63) is 63.7 Å². The highest BCUT2D eigenvalue weighted by atomic mass is 16.3. The lowest BCUT2D eigenvalue weighted by Gasteiger charge is -2.18. The zero-order valence-electron chi connectivity index (χ0n) is 17.9. The zero-order chi connectivity index (χ0) is 23.0. The van der Waals surface area contributed by atoms with Gasteiger partial charge in [0.05, 0.1) is 23.4 Å². The molecule has 1 aromatic carbocycles. The van der Waals surface area contributed by atoms with Crippen molar-refractivity contribution < 1.29 is 5.11 Å². The predicted molar refractivity (Wildman–Crippen MR) is 121 cm³/mol. The van der Waals surface area contributed by atoms with Gasteiger partial charge in [-0.3, -0.25) is 9.36 Å². The molecular formula is C21H23N9O2. The van der Waals surface area contributed by atoms with Crippen molar-refractivity contribution in [2.45, 2.75) is 27.0 Å². The molecule has 0 atom stereocenters. The summed E-state index contributed by atoms with van der Waals surface area (Å²) in [5.74, 6) is 0.562. The van der Waals surface area contributed by atoms with E-state index >= 15 is 0 Å². The van der Waals surface area contributed by atoms with Gasteiger partial charge < -0.3 is 21.6 Å². The number of rotatable bonds is 6. The fourth-order valence-corrected chi connectivity index (χ4v) is 3.69. The van der Waals surface area contributed by atoms with E-state index in [1.807, 2.05) is 31.2 Å². The maximum atomic E-state index is 13.5. The van der Waals surface area contributed by atoms with E-state index in [9.17, 15) is 9.90 Å². The SMILES string of the molecule is CNc1c(C(C)=N)nc(Cn2nc(CO)c3c(N)ncnc32)n(-c2ccccc2C)c1=O. The Labute approximate surface area is 183 Å². The van der Waals surface area contributed by atoms with Gasteiger partial charge in [0.15, 0.2) is 5.65 Å². The first-order valence-electron chi connectivity index (χ1n) is 9.89. The Kier molecular flexibility index (Phi) is 5.41. The molecule has 4 aromatic rings. The number of nitrogens with one attached hydrogen (secondary N) is 2. The van der Waals surface area contributed by atoms with Gasteiger partial charge in [-0.15, -0.1) is 0 Å². The summed E-state index contributed by atoms with van der Waals surface area (Å²) in [6, 6.07) is 7.47. The monoisotopic (exact) mass is 433 g/mol. The lowest BCUT2D eigenvalue weighted by molar-refractivity contribution is 0.276. The Morgan fingerprint density at radius 3 is 2.69 bits per heavy atom. The summed E-state index contributed by atoms with van der Waals surface area (Å²) in [5, 5.41) is 25.6. The van der Waals surface area contributed by atoms with Crippen LogP contribution in [0.25, 0.3) is 16.7 Å². The minimum atomic E-state index is -0.345. The number of nitrogen functional groups attached to an aromatic ring is 1. The van der Waals surface area contributed by atoms with Crippen molar-refractivity contribution in [1.82, 2.24) is 29.3 Å². The number of hydrogen-bond acceptors (Lipinski definition) is 9. The Balaban J connectivity index is 2.02. The van der Waals surface area contributed by atoms with Crippen molar-refractivity contribution in [2.75, 3.05) is 18.1 Å². The molecule has 0 spiro atoms. The molecule has 32 heavy (non-hydrogen) atoms. The van der Waals surface area contributed by atoms with Crippen LogP contribution in [0.4, 0.5) is 11.5 Å². The van der Waals surface area contributed by atoms with E-state index in [2.05, 4.69) is 25.4 Å². The molecule has 0 aliphatic rings. The van der Waals surface area contributed by atoms with Gasteiger partial charge in [0.1, 0.15) is 41.6 Å². The Hall–Kier alpha value is -4.12. The lowest BCUT2D eigenvalue weighted by atomic mass is 10.1. The number of para-hydroxylation sites is 1. The summed E-state index contributed by atoms with van der Waals surface area (Å²) in [7, 11) is 1.63. The van der Waals surface area contributed by atoms with Gasteiger partial charge >= 0.3 is 0 Å². The predicted octanol–water partition coefficient (Wildman–Crippen LogP) is 1.23. The molecule has 5 N–H and O–H groups in total. The molecule has 0 saturated carbocycles. The summed E-state index contributed by atoms with van der Waals surface area (Å²) in [4.78, 5) is 26.4. The highest BCUT2D eigenvalue weighted by Gasteiger charge is 2.22. The molecule has 0 amide bonds. The molecule has 4 rings (SSSR count). The third kappa shape index (κ3) is 3.38. The fraction of sp³-hybridized carbons (Fsp3) is 0.238. The Morgan fingerprint density at radius 2 is 2.03 bits per heavy atom. The molecule has 0 radical (unpaired) electrons. The summed E-state index contributed by atoms with van der Waals surface area (Å²) >= 11 is 0. The molecule has 11 heteroatoms. The van der Waals surface area contributed by atoms with Crippen LogP contribution in [-0.4, -0.2) is 47.2 Å². The van der Waals surface area contributed by atoms with Crippen LogP contribution in [0.1, 0.15) is 29.7 Å². The molecule has 0 bridgehead atoms.